The molecule has 3 N–H and O–H groups in total. The van der Waals surface area contributed by atoms with Crippen LogP contribution in [0.25, 0.3) is 11.4 Å². The third kappa shape index (κ3) is 3.42. The largest absolute Gasteiger partial charge is 0.504 e. The van der Waals surface area contributed by atoms with Crippen LogP contribution in [0.5, 0.6) is 11.5 Å². The van der Waals surface area contributed by atoms with Gasteiger partial charge in [-0.2, -0.15) is 5.10 Å². The van der Waals surface area contributed by atoms with Crippen LogP contribution in [0.4, 0.5) is 5.69 Å². The number of rotatable bonds is 6. The maximum absolute atomic E-state index is 9.86. The minimum atomic E-state index is 0.142. The molecule has 1 saturated carbocycles. The summed E-state index contributed by atoms with van der Waals surface area (Å²) in [5, 5.41) is 20.6. The molecule has 128 valence electrons. The molecule has 0 bridgehead atoms. The lowest BCUT2D eigenvalue weighted by molar-refractivity contribution is 0.373. The number of aromatic nitrogens is 3. The molecule has 0 aliphatic heterocycles. The van der Waals surface area contributed by atoms with E-state index in [-0.39, 0.29) is 5.75 Å². The number of phenolic OH excluding ortho intramolecular Hbond substituents is 1. The van der Waals surface area contributed by atoms with E-state index < -0.39 is 0 Å². The van der Waals surface area contributed by atoms with Gasteiger partial charge in [-0.15, -0.1) is 0 Å². The highest BCUT2D eigenvalue weighted by atomic mass is 16.5. The Bertz CT molecular complexity index is 887. The van der Waals surface area contributed by atoms with Gasteiger partial charge in [0, 0.05) is 23.7 Å². The lowest BCUT2D eigenvalue weighted by Crippen LogP contribution is -1.99. The Morgan fingerprint density at radius 3 is 2.88 bits per heavy atom. The molecule has 4 rings (SSSR count). The van der Waals surface area contributed by atoms with Gasteiger partial charge in [-0.1, -0.05) is 18.2 Å². The molecule has 1 aliphatic carbocycles. The van der Waals surface area contributed by atoms with Crippen molar-refractivity contribution in [2.24, 2.45) is 0 Å². The number of nitrogens with zero attached hydrogens (tertiary/aromatic N) is 2. The normalized spacial score (nSPS) is 13.6. The third-order valence-corrected chi connectivity index (χ3v) is 4.33. The average Bonchev–Trinajstić information content (AvgIpc) is 3.37. The number of nitrogens with one attached hydrogen (secondary N) is 2. The summed E-state index contributed by atoms with van der Waals surface area (Å²) in [6, 6.07) is 13.4. The van der Waals surface area contributed by atoms with Crippen LogP contribution in [0, 0.1) is 0 Å². The first kappa shape index (κ1) is 15.5. The quantitative estimate of drug-likeness (QED) is 0.640. The minimum absolute atomic E-state index is 0.142. The number of benzene rings is 2. The Labute approximate surface area is 145 Å². The van der Waals surface area contributed by atoms with Crippen LogP contribution >= 0.6 is 0 Å². The Balaban J connectivity index is 1.46. The van der Waals surface area contributed by atoms with Gasteiger partial charge >= 0.3 is 0 Å². The van der Waals surface area contributed by atoms with Crippen LogP contribution in [0.2, 0.25) is 0 Å². The molecule has 0 atom stereocenters. The summed E-state index contributed by atoms with van der Waals surface area (Å²) in [5.41, 5.74) is 2.92. The summed E-state index contributed by atoms with van der Waals surface area (Å²) in [6.45, 7) is 0.600. The summed E-state index contributed by atoms with van der Waals surface area (Å²) in [5.74, 6) is 2.89. The molecular weight excluding hydrogens is 316 g/mol. The van der Waals surface area contributed by atoms with Gasteiger partial charge in [0.2, 0.25) is 0 Å². The lowest BCUT2D eigenvalue weighted by atomic mass is 10.1. The van der Waals surface area contributed by atoms with Crippen molar-refractivity contribution in [3.05, 3.63) is 53.9 Å². The van der Waals surface area contributed by atoms with Gasteiger partial charge in [-0.25, -0.2) is 4.98 Å². The summed E-state index contributed by atoms with van der Waals surface area (Å²) < 4.78 is 5.06. The number of aromatic hydroxyl groups is 1. The average molecular weight is 336 g/mol. The lowest BCUT2D eigenvalue weighted by Gasteiger charge is -2.09. The number of anilines is 1. The molecule has 0 unspecified atom stereocenters. The molecular formula is C19H20N4O2. The highest BCUT2D eigenvalue weighted by molar-refractivity contribution is 5.62. The maximum atomic E-state index is 9.86. The Hall–Kier alpha value is -3.02. The zero-order chi connectivity index (χ0) is 17.2. The summed E-state index contributed by atoms with van der Waals surface area (Å²) in [7, 11) is 1.54. The van der Waals surface area contributed by atoms with Crippen molar-refractivity contribution in [3.63, 3.8) is 0 Å². The fourth-order valence-electron chi connectivity index (χ4n) is 2.76. The van der Waals surface area contributed by atoms with Gasteiger partial charge in [0.1, 0.15) is 5.82 Å². The predicted molar refractivity (Wildman–Crippen MR) is 95.8 cm³/mol. The molecule has 1 aromatic heterocycles. The third-order valence-electron chi connectivity index (χ3n) is 4.33. The number of hydrogen-bond acceptors (Lipinski definition) is 5. The highest BCUT2D eigenvalue weighted by Crippen LogP contribution is 2.38. The zero-order valence-corrected chi connectivity index (χ0v) is 14.0. The first-order valence-electron chi connectivity index (χ1n) is 8.35. The minimum Gasteiger partial charge on any atom is -0.504 e. The van der Waals surface area contributed by atoms with Crippen molar-refractivity contribution in [2.45, 2.75) is 25.3 Å². The van der Waals surface area contributed by atoms with Gasteiger partial charge in [-0.05, 0) is 42.7 Å². The van der Waals surface area contributed by atoms with Crippen molar-refractivity contribution >= 4 is 5.69 Å². The molecule has 2 aromatic carbocycles. The van der Waals surface area contributed by atoms with Crippen LogP contribution in [-0.4, -0.2) is 27.4 Å². The summed E-state index contributed by atoms with van der Waals surface area (Å²) >= 11 is 0. The van der Waals surface area contributed by atoms with Gasteiger partial charge in [-0.3, -0.25) is 5.10 Å². The molecule has 1 fully saturated rings. The fraction of sp³-hybridized carbons (Fsp3) is 0.263. The van der Waals surface area contributed by atoms with Crippen molar-refractivity contribution in [2.75, 3.05) is 12.4 Å². The van der Waals surface area contributed by atoms with Crippen LogP contribution < -0.4 is 10.1 Å². The molecule has 0 amide bonds. The van der Waals surface area contributed by atoms with Gasteiger partial charge in [0.05, 0.1) is 7.11 Å². The summed E-state index contributed by atoms with van der Waals surface area (Å²) in [4.78, 5) is 4.59. The van der Waals surface area contributed by atoms with E-state index in [4.69, 9.17) is 4.74 Å². The fourth-order valence-corrected chi connectivity index (χ4v) is 2.76. The van der Waals surface area contributed by atoms with E-state index in [0.717, 1.165) is 28.5 Å². The monoisotopic (exact) mass is 336 g/mol. The van der Waals surface area contributed by atoms with Crippen molar-refractivity contribution in [1.29, 1.82) is 0 Å². The first-order chi connectivity index (χ1) is 12.2. The van der Waals surface area contributed by atoms with Crippen LogP contribution in [0.3, 0.4) is 0 Å². The zero-order valence-electron chi connectivity index (χ0n) is 14.0. The van der Waals surface area contributed by atoms with E-state index in [2.05, 4.69) is 20.5 Å². The number of ether oxygens (including phenoxy) is 1. The van der Waals surface area contributed by atoms with E-state index in [1.54, 1.807) is 12.1 Å². The molecule has 1 aliphatic rings. The number of phenols is 1. The molecule has 0 radical (unpaired) electrons. The predicted octanol–water partition coefficient (Wildman–Crippen LogP) is 3.68. The van der Waals surface area contributed by atoms with Crippen molar-refractivity contribution in [1.82, 2.24) is 15.2 Å². The summed E-state index contributed by atoms with van der Waals surface area (Å²) in [6.07, 6.45) is 2.40. The van der Waals surface area contributed by atoms with Crippen LogP contribution in [-0.2, 0) is 6.54 Å². The number of hydrogen-bond donors (Lipinski definition) is 3. The van der Waals surface area contributed by atoms with E-state index in [1.807, 2.05) is 30.3 Å². The van der Waals surface area contributed by atoms with Gasteiger partial charge in [0.25, 0.3) is 0 Å². The van der Waals surface area contributed by atoms with E-state index in [0.29, 0.717) is 18.2 Å². The van der Waals surface area contributed by atoms with E-state index in [9.17, 15) is 5.11 Å². The molecule has 6 nitrogen and oxygen atoms in total. The van der Waals surface area contributed by atoms with E-state index >= 15 is 0 Å². The van der Waals surface area contributed by atoms with E-state index in [1.165, 1.54) is 20.0 Å². The second-order valence-corrected chi connectivity index (χ2v) is 6.26. The molecule has 0 saturated heterocycles. The number of H-pyrrole nitrogens is 1. The number of aromatic amines is 1. The maximum Gasteiger partial charge on any atom is 0.181 e. The van der Waals surface area contributed by atoms with Crippen molar-refractivity contribution in [3.8, 4) is 22.9 Å². The smallest absolute Gasteiger partial charge is 0.181 e. The van der Waals surface area contributed by atoms with Gasteiger partial charge < -0.3 is 15.2 Å². The second kappa shape index (κ2) is 6.47. The SMILES string of the molecule is COc1ccc(CNc2cccc(-c3n[nH]c(C4CC4)n3)c2)cc1O. The molecule has 25 heavy (non-hydrogen) atoms. The molecule has 6 heteroatoms. The Morgan fingerprint density at radius 2 is 2.12 bits per heavy atom. The van der Waals surface area contributed by atoms with Crippen LogP contribution in [0.15, 0.2) is 42.5 Å². The van der Waals surface area contributed by atoms with Crippen molar-refractivity contribution < 1.29 is 9.84 Å². The molecule has 3 aromatic rings. The Morgan fingerprint density at radius 1 is 1.24 bits per heavy atom. The van der Waals surface area contributed by atoms with Crippen LogP contribution in [0.1, 0.15) is 30.1 Å². The number of methoxy groups -OCH3 is 1. The second-order valence-electron chi connectivity index (χ2n) is 6.26. The standard InChI is InChI=1S/C19H20N4O2/c1-25-17-8-5-12(9-16(17)24)11-20-15-4-2-3-14(10-15)19-21-18(22-23-19)13-6-7-13/h2-5,8-10,13,20,24H,6-7,11H2,1H3,(H,21,22,23). The molecule has 1 heterocycles. The topological polar surface area (TPSA) is 83.1 Å². The molecule has 0 spiro atoms. The first-order valence-corrected chi connectivity index (χ1v) is 8.35. The van der Waals surface area contributed by atoms with Gasteiger partial charge in [0.15, 0.2) is 17.3 Å². The Kier molecular flexibility index (Phi) is 4.01. The highest BCUT2D eigenvalue weighted by Gasteiger charge is 2.27.